The van der Waals surface area contributed by atoms with Crippen LogP contribution >= 0.6 is 0 Å². The second-order valence-electron chi connectivity index (χ2n) is 17.6. The lowest BCUT2D eigenvalue weighted by atomic mass is 9.76. The van der Waals surface area contributed by atoms with Crippen LogP contribution in [0.1, 0.15) is 200 Å². The van der Waals surface area contributed by atoms with Crippen molar-refractivity contribution in [2.75, 3.05) is 0 Å². The van der Waals surface area contributed by atoms with Crippen LogP contribution in [0, 0.1) is 0 Å². The number of hydrogen-bond donors (Lipinski definition) is 0. The molecule has 0 fully saturated rings. The monoisotopic (exact) mass is 665 g/mol. The zero-order valence-electron chi connectivity index (χ0n) is 36.4. The highest BCUT2D eigenvalue weighted by Crippen LogP contribution is 2.34. The Morgan fingerprint density at radius 3 is 0.938 bits per heavy atom. The molecule has 48 heavy (non-hydrogen) atoms. The number of rotatable bonds is 0. The van der Waals surface area contributed by atoms with Crippen molar-refractivity contribution < 1.29 is 0 Å². The quantitative estimate of drug-likeness (QED) is 0.240. The highest BCUT2D eigenvalue weighted by Gasteiger charge is 2.28. The van der Waals surface area contributed by atoms with E-state index in [2.05, 4.69) is 157 Å². The second kappa shape index (κ2) is 20.8. The zero-order chi connectivity index (χ0) is 38.9. The van der Waals surface area contributed by atoms with Gasteiger partial charge >= 0.3 is 0 Å². The molecular formula is C44H80N4. The summed E-state index contributed by atoms with van der Waals surface area (Å²) >= 11 is 0. The van der Waals surface area contributed by atoms with Gasteiger partial charge < -0.3 is 0 Å². The van der Waals surface area contributed by atoms with Crippen LogP contribution in [0.25, 0.3) is 0 Å². The molecule has 3 rings (SSSR count). The number of aromatic nitrogens is 4. The molecule has 0 bridgehead atoms. The fourth-order valence-electron chi connectivity index (χ4n) is 4.69. The van der Waals surface area contributed by atoms with E-state index < -0.39 is 0 Å². The molecule has 3 heterocycles. The first-order valence-corrected chi connectivity index (χ1v) is 18.4. The minimum Gasteiger partial charge on any atom is -0.264 e. The molecule has 0 amide bonds. The van der Waals surface area contributed by atoms with Crippen LogP contribution in [0.5, 0.6) is 0 Å². The summed E-state index contributed by atoms with van der Waals surface area (Å²) in [4.78, 5) is 17.6. The summed E-state index contributed by atoms with van der Waals surface area (Å²) in [5.41, 5.74) is 8.35. The van der Waals surface area contributed by atoms with E-state index in [4.69, 9.17) is 0 Å². The van der Waals surface area contributed by atoms with Crippen molar-refractivity contribution in [3.05, 3.63) is 83.0 Å². The average Bonchev–Trinajstić information content (AvgIpc) is 2.98. The van der Waals surface area contributed by atoms with E-state index in [-0.39, 0.29) is 32.5 Å². The zero-order valence-corrected chi connectivity index (χ0v) is 36.4. The fraction of sp³-hybridized carbons (Fsp3) is 0.682. The standard InChI is InChI=1S/2C13H21N.C12H20N2.3C2H6/c1-12(2,3)10-7-8-14-9-11(10)13(4,5)6;1-12(2,3)10-8-7-9-14-11(10)13(4,5)6;1-11(2,3)9-10(12(4,5)6)14-8-7-13-9;3*1-2/h2*7-9H,1-6H3;7-8H,1-6H3;3*1-2H3. The van der Waals surface area contributed by atoms with Gasteiger partial charge in [-0.05, 0) is 45.1 Å². The van der Waals surface area contributed by atoms with E-state index in [9.17, 15) is 0 Å². The maximum atomic E-state index is 4.52. The third-order valence-electron chi connectivity index (χ3n) is 6.88. The van der Waals surface area contributed by atoms with Gasteiger partial charge in [-0.1, -0.05) is 172 Å². The van der Waals surface area contributed by atoms with Gasteiger partial charge in [0.25, 0.3) is 0 Å². The Balaban J connectivity index is -0.000000585. The van der Waals surface area contributed by atoms with Crippen LogP contribution in [0.4, 0.5) is 0 Å². The molecule has 0 saturated heterocycles. The normalized spacial score (nSPS) is 11.8. The van der Waals surface area contributed by atoms with Crippen molar-refractivity contribution in [3.63, 3.8) is 0 Å². The molecule has 4 heteroatoms. The number of pyridine rings is 2. The Morgan fingerprint density at radius 2 is 0.667 bits per heavy atom. The van der Waals surface area contributed by atoms with Crippen LogP contribution in [0.15, 0.2) is 49.2 Å². The molecule has 0 aliphatic heterocycles. The third kappa shape index (κ3) is 17.7. The van der Waals surface area contributed by atoms with Gasteiger partial charge in [-0.2, -0.15) is 0 Å². The van der Waals surface area contributed by atoms with Crippen molar-refractivity contribution in [1.29, 1.82) is 0 Å². The molecule has 0 aromatic carbocycles. The number of nitrogens with zero attached hydrogens (tertiary/aromatic N) is 4. The lowest BCUT2D eigenvalue weighted by Gasteiger charge is -2.29. The SMILES string of the molecule is CC.CC.CC.CC(C)(C)c1cccnc1C(C)(C)C.CC(C)(C)c1ccncc1C(C)(C)C.CC(C)(C)c1nccnc1C(C)(C)C. The van der Waals surface area contributed by atoms with E-state index in [1.807, 2.05) is 66.2 Å². The lowest BCUT2D eigenvalue weighted by molar-refractivity contribution is 0.498. The predicted molar refractivity (Wildman–Crippen MR) is 217 cm³/mol. The molecule has 276 valence electrons. The predicted octanol–water partition coefficient (Wildman–Crippen LogP) is 13.5. The summed E-state index contributed by atoms with van der Waals surface area (Å²) in [6, 6.07) is 6.35. The van der Waals surface area contributed by atoms with E-state index in [1.54, 1.807) is 12.4 Å². The summed E-state index contributed by atoms with van der Waals surface area (Å²) in [5, 5.41) is 0. The van der Waals surface area contributed by atoms with Crippen molar-refractivity contribution in [2.45, 2.75) is 199 Å². The Kier molecular flexibility index (Phi) is 21.6. The van der Waals surface area contributed by atoms with Crippen LogP contribution in [-0.2, 0) is 32.5 Å². The maximum absolute atomic E-state index is 4.52. The Morgan fingerprint density at radius 1 is 0.333 bits per heavy atom. The third-order valence-corrected chi connectivity index (χ3v) is 6.88. The molecule has 0 spiro atoms. The maximum Gasteiger partial charge on any atom is 0.0677 e. The second-order valence-corrected chi connectivity index (χ2v) is 17.6. The Labute approximate surface area is 300 Å². The fourth-order valence-corrected chi connectivity index (χ4v) is 4.69. The van der Waals surface area contributed by atoms with Crippen LogP contribution in [0.2, 0.25) is 0 Å². The van der Waals surface area contributed by atoms with Gasteiger partial charge in [0.1, 0.15) is 0 Å². The molecule has 4 nitrogen and oxygen atoms in total. The van der Waals surface area contributed by atoms with E-state index in [1.165, 1.54) is 22.4 Å². The molecule has 0 saturated carbocycles. The Hall–Kier alpha value is -2.62. The molecule has 0 aliphatic rings. The van der Waals surface area contributed by atoms with Crippen LogP contribution in [-0.4, -0.2) is 19.9 Å². The Bertz CT molecular complexity index is 1000. The molecule has 3 aromatic rings. The first-order chi connectivity index (χ1) is 21.7. The average molecular weight is 665 g/mol. The highest BCUT2D eigenvalue weighted by atomic mass is 14.8. The van der Waals surface area contributed by atoms with Crippen LogP contribution in [0.3, 0.4) is 0 Å². The number of hydrogen-bond acceptors (Lipinski definition) is 4. The summed E-state index contributed by atoms with van der Waals surface area (Å²) in [5.74, 6) is 0. The summed E-state index contributed by atoms with van der Waals surface area (Å²) in [7, 11) is 0. The summed E-state index contributed by atoms with van der Waals surface area (Å²) < 4.78 is 0. The summed E-state index contributed by atoms with van der Waals surface area (Å²) in [6.45, 7) is 51.8. The minimum atomic E-state index is 0.0663. The van der Waals surface area contributed by atoms with Gasteiger partial charge in [0.2, 0.25) is 0 Å². The minimum absolute atomic E-state index is 0.0663. The molecule has 0 N–H and O–H groups in total. The molecular weight excluding hydrogens is 585 g/mol. The van der Waals surface area contributed by atoms with E-state index >= 15 is 0 Å². The van der Waals surface area contributed by atoms with E-state index in [0.717, 1.165) is 11.4 Å². The van der Waals surface area contributed by atoms with Gasteiger partial charge in [0, 0.05) is 52.9 Å². The van der Waals surface area contributed by atoms with Crippen molar-refractivity contribution in [2.24, 2.45) is 0 Å². The molecule has 0 atom stereocenters. The largest absolute Gasteiger partial charge is 0.264 e. The van der Waals surface area contributed by atoms with Crippen molar-refractivity contribution in [1.82, 2.24) is 19.9 Å². The lowest BCUT2D eigenvalue weighted by Crippen LogP contribution is -2.24. The van der Waals surface area contributed by atoms with Gasteiger partial charge in [-0.25, -0.2) is 0 Å². The van der Waals surface area contributed by atoms with Gasteiger partial charge in [-0.15, -0.1) is 0 Å². The topological polar surface area (TPSA) is 51.6 Å². The van der Waals surface area contributed by atoms with Crippen molar-refractivity contribution >= 4 is 0 Å². The summed E-state index contributed by atoms with van der Waals surface area (Å²) in [6.07, 6.45) is 9.32. The van der Waals surface area contributed by atoms with E-state index in [0.29, 0.717) is 0 Å². The van der Waals surface area contributed by atoms with Crippen molar-refractivity contribution in [3.8, 4) is 0 Å². The van der Waals surface area contributed by atoms with Gasteiger partial charge in [0.05, 0.1) is 11.4 Å². The molecule has 0 unspecified atom stereocenters. The van der Waals surface area contributed by atoms with Gasteiger partial charge in [0.15, 0.2) is 0 Å². The molecule has 3 aromatic heterocycles. The highest BCUT2D eigenvalue weighted by molar-refractivity contribution is 5.35. The smallest absolute Gasteiger partial charge is 0.0677 e. The first-order valence-electron chi connectivity index (χ1n) is 18.4. The van der Waals surface area contributed by atoms with Crippen LogP contribution < -0.4 is 0 Å². The molecule has 0 aliphatic carbocycles. The van der Waals surface area contributed by atoms with Gasteiger partial charge in [-0.3, -0.25) is 19.9 Å². The molecule has 0 radical (unpaired) electrons. The first kappa shape index (κ1) is 49.8.